The van der Waals surface area contributed by atoms with Gasteiger partial charge in [-0.05, 0) is 48.9 Å². The number of rotatable bonds is 5. The first-order valence-corrected chi connectivity index (χ1v) is 11.5. The van der Waals surface area contributed by atoms with Gasteiger partial charge in [0.05, 0.1) is 0 Å². The lowest BCUT2D eigenvalue weighted by Gasteiger charge is -2.10. The average molecular weight is 461 g/mol. The molecule has 6 heteroatoms. The molecule has 1 N–H and O–H groups in total. The highest BCUT2D eigenvalue weighted by Gasteiger charge is 2.11. The van der Waals surface area contributed by atoms with Gasteiger partial charge in [0.15, 0.2) is 5.78 Å². The second-order valence-electron chi connectivity index (χ2n) is 7.70. The molecule has 0 radical (unpaired) electrons. The Morgan fingerprint density at radius 1 is 0.879 bits per heavy atom. The monoisotopic (exact) mass is 460 g/mol. The first-order valence-electron chi connectivity index (χ1n) is 10.5. The van der Waals surface area contributed by atoms with Crippen molar-refractivity contribution in [1.82, 2.24) is 0 Å². The van der Waals surface area contributed by atoms with E-state index in [0.717, 1.165) is 21.9 Å². The summed E-state index contributed by atoms with van der Waals surface area (Å²) in [5.41, 5.74) is 5.61. The molecule has 0 spiro atoms. The molecule has 0 saturated heterocycles. The summed E-state index contributed by atoms with van der Waals surface area (Å²) >= 11 is 0. The summed E-state index contributed by atoms with van der Waals surface area (Å²) in [6.45, 7) is 6.24. The molecular formula is C27H26NO4S-. The van der Waals surface area contributed by atoms with Crippen LogP contribution in [0, 0.1) is 20.8 Å². The quantitative estimate of drug-likeness (QED) is 0.204. The van der Waals surface area contributed by atoms with E-state index in [2.05, 4.69) is 37.4 Å². The second-order valence-corrected chi connectivity index (χ2v) is 8.47. The number of ketones is 1. The van der Waals surface area contributed by atoms with Crippen molar-refractivity contribution in [2.75, 3.05) is 0 Å². The highest BCUT2D eigenvalue weighted by molar-refractivity contribution is 7.70. The Hall–Kier alpha value is -3.48. The molecule has 0 amide bonds. The van der Waals surface area contributed by atoms with Crippen LogP contribution in [-0.4, -0.2) is 11.0 Å². The second kappa shape index (κ2) is 11.4. The summed E-state index contributed by atoms with van der Waals surface area (Å²) in [5, 5.41) is 10.1. The van der Waals surface area contributed by atoms with Gasteiger partial charge in [-0.3, -0.25) is 10.0 Å². The highest BCUT2D eigenvalue weighted by atomic mass is 32.2. The topological polar surface area (TPSA) is 76.0 Å². The summed E-state index contributed by atoms with van der Waals surface area (Å²) in [6, 6.07) is 26.7. The number of nitrogens with zero attached hydrogens (tertiary/aromatic N) is 1. The number of carbonyl (C=O) groups is 1. The smallest absolute Gasteiger partial charge is 0.167 e. The fourth-order valence-corrected chi connectivity index (χ4v) is 4.07. The molecule has 0 bridgehead atoms. The van der Waals surface area contributed by atoms with E-state index in [0.29, 0.717) is 12.2 Å². The number of fused-ring (bicyclic) bond motifs is 1. The third-order valence-corrected chi connectivity index (χ3v) is 5.71. The van der Waals surface area contributed by atoms with Crippen LogP contribution in [-0.2, 0) is 21.5 Å². The predicted octanol–water partition coefficient (Wildman–Crippen LogP) is 6.71. The largest absolute Gasteiger partial charge is 0.544 e. The third kappa shape index (κ3) is 6.51. The Balaban J connectivity index is 0.000000189. The standard InChI is InChI=1S/C17H18O.C10H8NO3S/c1-12-9-13(2)16(14(3)10-12)11-17(18)15-7-5-4-6-8-15;12-11-15(13)14-10-7-3-5-8-4-1-2-6-9(8)10/h4-10H,11H2,1-3H3;1-7,12H/q;-1. The van der Waals surface area contributed by atoms with Crippen LogP contribution in [0.3, 0.4) is 0 Å². The van der Waals surface area contributed by atoms with Crippen molar-refractivity contribution in [2.24, 2.45) is 4.53 Å². The van der Waals surface area contributed by atoms with E-state index in [1.165, 1.54) is 16.7 Å². The van der Waals surface area contributed by atoms with Crippen molar-refractivity contribution in [3.63, 3.8) is 0 Å². The summed E-state index contributed by atoms with van der Waals surface area (Å²) in [4.78, 5) is 12.2. The van der Waals surface area contributed by atoms with Gasteiger partial charge in [-0.2, -0.15) is 0 Å². The van der Waals surface area contributed by atoms with Crippen LogP contribution in [0.5, 0.6) is 5.75 Å². The lowest BCUT2D eigenvalue weighted by Crippen LogP contribution is -2.06. The summed E-state index contributed by atoms with van der Waals surface area (Å²) in [5.74, 6) is 0.620. The molecule has 0 aliphatic rings. The van der Waals surface area contributed by atoms with Crippen LogP contribution in [0.2, 0.25) is 0 Å². The minimum atomic E-state index is -2.05. The van der Waals surface area contributed by atoms with Gasteiger partial charge in [0.2, 0.25) is 0 Å². The molecule has 0 aliphatic heterocycles. The molecule has 4 aromatic carbocycles. The SMILES string of the molecule is Cc1cc(C)c(CC(=O)c2ccccc2)c(C)c1.O=[S-](=NO)Oc1cccc2ccccc12. The summed E-state index contributed by atoms with van der Waals surface area (Å²) in [7, 11) is -2.05. The maximum atomic E-state index is 12.2. The van der Waals surface area contributed by atoms with E-state index >= 15 is 0 Å². The Kier molecular flexibility index (Phi) is 8.35. The van der Waals surface area contributed by atoms with Crippen LogP contribution in [0.4, 0.5) is 0 Å². The molecule has 0 atom stereocenters. The Morgan fingerprint density at radius 3 is 2.15 bits per heavy atom. The molecule has 33 heavy (non-hydrogen) atoms. The number of benzene rings is 4. The zero-order valence-electron chi connectivity index (χ0n) is 18.8. The Bertz CT molecular complexity index is 1310. The van der Waals surface area contributed by atoms with E-state index in [-0.39, 0.29) is 5.78 Å². The minimum Gasteiger partial charge on any atom is -0.544 e. The van der Waals surface area contributed by atoms with E-state index in [1.54, 1.807) is 12.1 Å². The third-order valence-electron chi connectivity index (χ3n) is 5.25. The van der Waals surface area contributed by atoms with E-state index in [9.17, 15) is 9.00 Å². The maximum Gasteiger partial charge on any atom is 0.167 e. The molecule has 0 aliphatic carbocycles. The van der Waals surface area contributed by atoms with Gasteiger partial charge in [-0.1, -0.05) is 84.4 Å². The number of hydrogen-bond acceptors (Lipinski definition) is 5. The van der Waals surface area contributed by atoms with Gasteiger partial charge in [-0.25, -0.2) is 4.53 Å². The molecule has 0 fully saturated rings. The van der Waals surface area contributed by atoms with Crippen LogP contribution in [0.15, 0.2) is 89.5 Å². The van der Waals surface area contributed by atoms with Crippen molar-refractivity contribution in [3.05, 3.63) is 113 Å². The van der Waals surface area contributed by atoms with Gasteiger partial charge in [-0.15, -0.1) is 0 Å². The van der Waals surface area contributed by atoms with Crippen molar-refractivity contribution < 1.29 is 18.4 Å². The molecule has 4 aromatic rings. The van der Waals surface area contributed by atoms with Gasteiger partial charge in [0.1, 0.15) is 5.75 Å². The van der Waals surface area contributed by atoms with Gasteiger partial charge in [0, 0.05) is 28.2 Å². The lowest BCUT2D eigenvalue weighted by molar-refractivity contribution is 0.0992. The molecule has 0 aromatic heterocycles. The van der Waals surface area contributed by atoms with Gasteiger partial charge < -0.3 is 8.39 Å². The first-order chi connectivity index (χ1) is 15.9. The molecule has 0 saturated carbocycles. The van der Waals surface area contributed by atoms with Gasteiger partial charge >= 0.3 is 0 Å². The zero-order chi connectivity index (χ0) is 23.8. The van der Waals surface area contributed by atoms with Crippen LogP contribution < -0.4 is 4.18 Å². The zero-order valence-corrected chi connectivity index (χ0v) is 19.6. The summed E-state index contributed by atoms with van der Waals surface area (Å²) < 4.78 is 18.4. The van der Waals surface area contributed by atoms with Crippen molar-refractivity contribution in [1.29, 1.82) is 0 Å². The molecule has 0 heterocycles. The van der Waals surface area contributed by atoms with Crippen LogP contribution in [0.25, 0.3) is 10.8 Å². The van der Waals surface area contributed by atoms with Crippen molar-refractivity contribution >= 4 is 27.4 Å². The molecular weight excluding hydrogens is 434 g/mol. The maximum absolute atomic E-state index is 12.2. The molecule has 170 valence electrons. The predicted molar refractivity (Wildman–Crippen MR) is 132 cm³/mol. The fraction of sp³-hybridized carbons (Fsp3) is 0.148. The Labute approximate surface area is 196 Å². The Morgan fingerprint density at radius 2 is 1.48 bits per heavy atom. The fourth-order valence-electron chi connectivity index (χ4n) is 3.74. The number of Topliss-reactive ketones (excluding diaryl/α,β-unsaturated/α-hetero) is 1. The summed E-state index contributed by atoms with van der Waals surface area (Å²) in [6.07, 6.45) is 0.488. The van der Waals surface area contributed by atoms with E-state index < -0.39 is 10.9 Å². The normalized spacial score (nSPS) is 11.5. The average Bonchev–Trinajstić information content (AvgIpc) is 2.82. The number of carbonyl (C=O) groups excluding carboxylic acids is 1. The molecule has 5 nitrogen and oxygen atoms in total. The lowest BCUT2D eigenvalue weighted by atomic mass is 9.94. The highest BCUT2D eigenvalue weighted by Crippen LogP contribution is 2.25. The van der Waals surface area contributed by atoms with Crippen LogP contribution in [0.1, 0.15) is 32.6 Å². The number of aryl methyl sites for hydroxylation is 3. The van der Waals surface area contributed by atoms with E-state index in [4.69, 9.17) is 9.39 Å². The molecule has 4 rings (SSSR count). The number of hydrogen-bond donors (Lipinski definition) is 1. The van der Waals surface area contributed by atoms with Gasteiger partial charge in [0.25, 0.3) is 0 Å². The van der Waals surface area contributed by atoms with Crippen molar-refractivity contribution in [2.45, 2.75) is 27.2 Å². The van der Waals surface area contributed by atoms with Crippen LogP contribution >= 0.6 is 0 Å². The first kappa shape index (κ1) is 24.2. The molecule has 0 unspecified atom stereocenters. The van der Waals surface area contributed by atoms with E-state index in [1.807, 2.05) is 60.7 Å². The minimum absolute atomic E-state index is 0.186. The van der Waals surface area contributed by atoms with Crippen molar-refractivity contribution in [3.8, 4) is 5.75 Å².